The SMILES string of the molecule is CC(C)(CNC(=O)c1ccc(CCN)cc1)C(N)=O. The van der Waals surface area contributed by atoms with Gasteiger partial charge >= 0.3 is 0 Å². The number of benzene rings is 1. The van der Waals surface area contributed by atoms with E-state index in [1.807, 2.05) is 12.1 Å². The third-order valence-electron chi connectivity index (χ3n) is 3.01. The zero-order valence-electron chi connectivity index (χ0n) is 11.4. The molecule has 5 nitrogen and oxygen atoms in total. The monoisotopic (exact) mass is 263 g/mol. The highest BCUT2D eigenvalue weighted by molar-refractivity contribution is 5.94. The van der Waals surface area contributed by atoms with Crippen LogP contribution in [0, 0.1) is 5.41 Å². The maximum absolute atomic E-state index is 11.9. The molecule has 1 aromatic rings. The van der Waals surface area contributed by atoms with Crippen molar-refractivity contribution >= 4 is 11.8 Å². The zero-order valence-corrected chi connectivity index (χ0v) is 11.4. The fourth-order valence-electron chi connectivity index (χ4n) is 1.48. The molecule has 0 saturated carbocycles. The molecule has 0 aliphatic heterocycles. The van der Waals surface area contributed by atoms with Crippen LogP contribution in [-0.2, 0) is 11.2 Å². The molecule has 104 valence electrons. The Morgan fingerprint density at radius 2 is 1.79 bits per heavy atom. The zero-order chi connectivity index (χ0) is 14.5. The molecular weight excluding hydrogens is 242 g/mol. The van der Waals surface area contributed by atoms with E-state index in [4.69, 9.17) is 11.5 Å². The Labute approximate surface area is 113 Å². The molecule has 2 amide bonds. The van der Waals surface area contributed by atoms with E-state index in [9.17, 15) is 9.59 Å². The summed E-state index contributed by atoms with van der Waals surface area (Å²) in [7, 11) is 0. The Morgan fingerprint density at radius 1 is 1.21 bits per heavy atom. The van der Waals surface area contributed by atoms with Gasteiger partial charge in [0.25, 0.3) is 5.91 Å². The minimum atomic E-state index is -0.755. The molecule has 0 aromatic heterocycles. The van der Waals surface area contributed by atoms with Gasteiger partial charge in [-0.1, -0.05) is 12.1 Å². The minimum absolute atomic E-state index is 0.214. The van der Waals surface area contributed by atoms with Crippen LogP contribution >= 0.6 is 0 Å². The summed E-state index contributed by atoms with van der Waals surface area (Å²) < 4.78 is 0. The van der Waals surface area contributed by atoms with Gasteiger partial charge in [-0.2, -0.15) is 0 Å². The second kappa shape index (κ2) is 6.33. The van der Waals surface area contributed by atoms with Crippen LogP contribution in [0.3, 0.4) is 0 Å². The average Bonchev–Trinajstić information content (AvgIpc) is 2.37. The van der Waals surface area contributed by atoms with Gasteiger partial charge in [-0.25, -0.2) is 0 Å². The summed E-state index contributed by atoms with van der Waals surface area (Å²) in [6.45, 7) is 4.18. The molecule has 1 aromatic carbocycles. The van der Waals surface area contributed by atoms with Crippen molar-refractivity contribution in [2.24, 2.45) is 16.9 Å². The molecular formula is C14H21N3O2. The van der Waals surface area contributed by atoms with Gasteiger partial charge in [0.2, 0.25) is 5.91 Å². The molecule has 19 heavy (non-hydrogen) atoms. The second-order valence-electron chi connectivity index (χ2n) is 5.17. The number of nitrogens with two attached hydrogens (primary N) is 2. The number of rotatable bonds is 6. The van der Waals surface area contributed by atoms with Crippen molar-refractivity contribution in [3.63, 3.8) is 0 Å². The van der Waals surface area contributed by atoms with Gasteiger partial charge in [0.1, 0.15) is 0 Å². The van der Waals surface area contributed by atoms with Crippen LogP contribution in [0.2, 0.25) is 0 Å². The Bertz CT molecular complexity index is 452. The first-order valence-corrected chi connectivity index (χ1v) is 6.24. The van der Waals surface area contributed by atoms with Crippen molar-refractivity contribution in [2.45, 2.75) is 20.3 Å². The first-order chi connectivity index (χ1) is 8.86. The van der Waals surface area contributed by atoms with E-state index in [2.05, 4.69) is 5.32 Å². The van der Waals surface area contributed by atoms with Crippen LogP contribution in [0.25, 0.3) is 0 Å². The average molecular weight is 263 g/mol. The van der Waals surface area contributed by atoms with Crippen molar-refractivity contribution in [3.8, 4) is 0 Å². The highest BCUT2D eigenvalue weighted by atomic mass is 16.2. The number of nitrogens with one attached hydrogen (secondary N) is 1. The molecule has 5 N–H and O–H groups in total. The van der Waals surface area contributed by atoms with Crippen LogP contribution in [0.1, 0.15) is 29.8 Å². The number of hydrogen-bond donors (Lipinski definition) is 3. The second-order valence-corrected chi connectivity index (χ2v) is 5.17. The van der Waals surface area contributed by atoms with Crippen LogP contribution in [0.4, 0.5) is 0 Å². The van der Waals surface area contributed by atoms with E-state index in [-0.39, 0.29) is 12.5 Å². The van der Waals surface area contributed by atoms with Crippen LogP contribution in [-0.4, -0.2) is 24.9 Å². The molecule has 5 heteroatoms. The quantitative estimate of drug-likeness (QED) is 0.694. The maximum atomic E-state index is 11.9. The van der Waals surface area contributed by atoms with Crippen LogP contribution in [0.15, 0.2) is 24.3 Å². The molecule has 0 radical (unpaired) electrons. The molecule has 0 aliphatic rings. The van der Waals surface area contributed by atoms with E-state index < -0.39 is 11.3 Å². The highest BCUT2D eigenvalue weighted by Gasteiger charge is 2.25. The predicted molar refractivity (Wildman–Crippen MR) is 74.5 cm³/mol. The van der Waals surface area contributed by atoms with E-state index in [0.717, 1.165) is 12.0 Å². The number of carbonyl (C=O) groups is 2. The molecule has 0 spiro atoms. The summed E-state index contributed by atoms with van der Waals surface area (Å²) in [5, 5.41) is 2.71. The number of carbonyl (C=O) groups excluding carboxylic acids is 2. The number of amides is 2. The molecule has 0 saturated heterocycles. The lowest BCUT2D eigenvalue weighted by atomic mass is 9.92. The van der Waals surface area contributed by atoms with E-state index in [0.29, 0.717) is 12.1 Å². The Hall–Kier alpha value is -1.88. The van der Waals surface area contributed by atoms with Crippen molar-refractivity contribution in [1.29, 1.82) is 0 Å². The first kappa shape index (κ1) is 15.2. The Balaban J connectivity index is 2.61. The van der Waals surface area contributed by atoms with Crippen LogP contribution < -0.4 is 16.8 Å². The van der Waals surface area contributed by atoms with Gasteiger partial charge in [-0.15, -0.1) is 0 Å². The predicted octanol–water partition coefficient (Wildman–Crippen LogP) is 0.429. The molecule has 0 aliphatic carbocycles. The van der Waals surface area contributed by atoms with E-state index in [1.54, 1.807) is 26.0 Å². The fraction of sp³-hybridized carbons (Fsp3) is 0.429. The molecule has 0 heterocycles. The first-order valence-electron chi connectivity index (χ1n) is 6.24. The molecule has 0 bridgehead atoms. The summed E-state index contributed by atoms with van der Waals surface area (Å²) in [6.07, 6.45) is 0.788. The number of primary amides is 1. The lowest BCUT2D eigenvalue weighted by molar-refractivity contribution is -0.125. The van der Waals surface area contributed by atoms with Crippen molar-refractivity contribution in [1.82, 2.24) is 5.32 Å². The maximum Gasteiger partial charge on any atom is 0.251 e. The van der Waals surface area contributed by atoms with E-state index >= 15 is 0 Å². The fourth-order valence-corrected chi connectivity index (χ4v) is 1.48. The van der Waals surface area contributed by atoms with Gasteiger partial charge in [-0.3, -0.25) is 9.59 Å². The topological polar surface area (TPSA) is 98.2 Å². The smallest absolute Gasteiger partial charge is 0.251 e. The molecule has 0 fully saturated rings. The van der Waals surface area contributed by atoms with Crippen molar-refractivity contribution < 1.29 is 9.59 Å². The minimum Gasteiger partial charge on any atom is -0.369 e. The third-order valence-corrected chi connectivity index (χ3v) is 3.01. The van der Waals surface area contributed by atoms with Gasteiger partial charge in [0.05, 0.1) is 5.41 Å². The lowest BCUT2D eigenvalue weighted by Crippen LogP contribution is -2.42. The normalized spacial score (nSPS) is 11.1. The number of hydrogen-bond acceptors (Lipinski definition) is 3. The molecule has 0 atom stereocenters. The van der Waals surface area contributed by atoms with Crippen LogP contribution in [0.5, 0.6) is 0 Å². The van der Waals surface area contributed by atoms with Gasteiger partial charge in [-0.05, 0) is 44.5 Å². The Morgan fingerprint density at radius 3 is 2.26 bits per heavy atom. The van der Waals surface area contributed by atoms with Gasteiger partial charge < -0.3 is 16.8 Å². The standard InChI is InChI=1S/C14H21N3O2/c1-14(2,13(16)19)9-17-12(18)11-5-3-10(4-6-11)7-8-15/h3-6H,7-9,15H2,1-2H3,(H2,16,19)(H,17,18). The Kier molecular flexibility index (Phi) is 5.06. The van der Waals surface area contributed by atoms with Crippen molar-refractivity contribution in [2.75, 3.05) is 13.1 Å². The summed E-state index contributed by atoms with van der Waals surface area (Å²) in [5.74, 6) is -0.653. The van der Waals surface area contributed by atoms with Gasteiger partial charge in [0.15, 0.2) is 0 Å². The molecule has 1 rings (SSSR count). The van der Waals surface area contributed by atoms with Crippen molar-refractivity contribution in [3.05, 3.63) is 35.4 Å². The lowest BCUT2D eigenvalue weighted by Gasteiger charge is -2.20. The molecule has 0 unspecified atom stereocenters. The summed E-state index contributed by atoms with van der Waals surface area (Å²) >= 11 is 0. The van der Waals surface area contributed by atoms with E-state index in [1.165, 1.54) is 0 Å². The summed E-state index contributed by atoms with van der Waals surface area (Å²) in [6, 6.07) is 7.25. The highest BCUT2D eigenvalue weighted by Crippen LogP contribution is 2.12. The largest absolute Gasteiger partial charge is 0.369 e. The van der Waals surface area contributed by atoms with Gasteiger partial charge in [0, 0.05) is 12.1 Å². The third kappa shape index (κ3) is 4.37. The summed E-state index contributed by atoms with van der Waals surface area (Å²) in [5.41, 5.74) is 11.6. The summed E-state index contributed by atoms with van der Waals surface area (Å²) in [4.78, 5) is 23.0.